The van der Waals surface area contributed by atoms with Gasteiger partial charge in [0, 0.05) is 17.7 Å². The minimum absolute atomic E-state index is 0.0127. The third-order valence-corrected chi connectivity index (χ3v) is 5.46. The maximum absolute atomic E-state index is 13.9. The molecular weight excluding hydrogens is 411 g/mol. The van der Waals surface area contributed by atoms with E-state index in [2.05, 4.69) is 19.9 Å². The van der Waals surface area contributed by atoms with Gasteiger partial charge in [-0.1, -0.05) is 30.3 Å². The average Bonchev–Trinajstić information content (AvgIpc) is 3.20. The summed E-state index contributed by atoms with van der Waals surface area (Å²) < 4.78 is 46.0. The number of ether oxygens (including phenoxy) is 1. The summed E-state index contributed by atoms with van der Waals surface area (Å²) >= 11 is 0. The Bertz CT molecular complexity index is 1160. The molecule has 8 nitrogen and oxygen atoms in total. The highest BCUT2D eigenvalue weighted by Crippen LogP contribution is 2.17. The smallest absolute Gasteiger partial charge is 0.375 e. The van der Waals surface area contributed by atoms with Crippen LogP contribution in [0.1, 0.15) is 34.2 Å². The number of aromatic nitrogens is 3. The quantitative estimate of drug-likeness (QED) is 0.529. The third kappa shape index (κ3) is 5.49. The molecule has 1 aromatic heterocycles. The van der Waals surface area contributed by atoms with Gasteiger partial charge in [0.25, 0.3) is 0 Å². The fourth-order valence-corrected chi connectivity index (χ4v) is 3.85. The number of rotatable bonds is 8. The number of nitrogens with one attached hydrogen (secondary N) is 2. The van der Waals surface area contributed by atoms with Crippen LogP contribution in [0.4, 0.5) is 4.39 Å². The van der Waals surface area contributed by atoms with Crippen molar-refractivity contribution in [2.45, 2.75) is 26.1 Å². The van der Waals surface area contributed by atoms with E-state index in [9.17, 15) is 17.6 Å². The van der Waals surface area contributed by atoms with E-state index < -0.39 is 27.6 Å². The molecule has 0 atom stereocenters. The fourth-order valence-electron chi connectivity index (χ4n) is 2.72. The highest BCUT2D eigenvalue weighted by atomic mass is 32.2. The minimum Gasteiger partial charge on any atom is -0.460 e. The number of carbonyl (C=O) groups excluding carboxylic acids is 1. The largest absolute Gasteiger partial charge is 0.460 e. The van der Waals surface area contributed by atoms with Crippen molar-refractivity contribution in [1.82, 2.24) is 19.9 Å². The van der Waals surface area contributed by atoms with E-state index in [1.165, 1.54) is 12.1 Å². The third-order valence-electron chi connectivity index (χ3n) is 4.19. The standard InChI is InChI=1S/C20H21FN4O4S/c1-3-29-20(26)19-23-18(24-25-19)15-6-4-5-14(10-15)11-22-30(27,28)12-16-8-7-13(2)9-17(16)21/h4-10,22H,3,11-12H2,1-2H3,(H,23,24,25). The molecule has 0 saturated heterocycles. The van der Waals surface area contributed by atoms with Gasteiger partial charge in [0.1, 0.15) is 5.82 Å². The van der Waals surface area contributed by atoms with Crippen LogP contribution in [0, 0.1) is 12.7 Å². The molecule has 0 bridgehead atoms. The minimum atomic E-state index is -3.75. The van der Waals surface area contributed by atoms with Crippen LogP contribution in [0.2, 0.25) is 0 Å². The van der Waals surface area contributed by atoms with Gasteiger partial charge in [-0.05, 0) is 37.1 Å². The van der Waals surface area contributed by atoms with Gasteiger partial charge in [-0.25, -0.2) is 27.3 Å². The molecule has 1 heterocycles. The van der Waals surface area contributed by atoms with Gasteiger partial charge in [-0.2, -0.15) is 5.10 Å². The van der Waals surface area contributed by atoms with Gasteiger partial charge in [0.05, 0.1) is 12.4 Å². The zero-order valence-corrected chi connectivity index (χ0v) is 17.3. The van der Waals surface area contributed by atoms with Gasteiger partial charge in [-0.15, -0.1) is 0 Å². The van der Waals surface area contributed by atoms with E-state index in [4.69, 9.17) is 4.74 Å². The molecule has 0 aliphatic rings. The highest BCUT2D eigenvalue weighted by molar-refractivity contribution is 7.88. The Balaban J connectivity index is 1.68. The molecule has 2 N–H and O–H groups in total. The summed E-state index contributed by atoms with van der Waals surface area (Å²) in [4.78, 5) is 15.8. The predicted molar refractivity (Wildman–Crippen MR) is 108 cm³/mol. The van der Waals surface area contributed by atoms with E-state index >= 15 is 0 Å². The van der Waals surface area contributed by atoms with E-state index in [-0.39, 0.29) is 30.4 Å². The zero-order chi connectivity index (χ0) is 21.7. The van der Waals surface area contributed by atoms with Crippen LogP contribution in [-0.4, -0.2) is 36.2 Å². The Labute approximate surface area is 173 Å². The second-order valence-corrected chi connectivity index (χ2v) is 8.41. The fraction of sp³-hybridized carbons (Fsp3) is 0.250. The number of carbonyl (C=O) groups is 1. The van der Waals surface area contributed by atoms with Gasteiger partial charge in [0.2, 0.25) is 15.8 Å². The Morgan fingerprint density at radius 1 is 1.23 bits per heavy atom. The first-order valence-electron chi connectivity index (χ1n) is 9.18. The molecule has 10 heteroatoms. The number of esters is 1. The topological polar surface area (TPSA) is 114 Å². The Morgan fingerprint density at radius 3 is 2.77 bits per heavy atom. The maximum atomic E-state index is 13.9. The highest BCUT2D eigenvalue weighted by Gasteiger charge is 2.16. The van der Waals surface area contributed by atoms with Crippen molar-refractivity contribution in [2.75, 3.05) is 6.61 Å². The molecule has 0 aliphatic heterocycles. The van der Waals surface area contributed by atoms with E-state index in [0.717, 1.165) is 5.56 Å². The number of aromatic amines is 1. The molecule has 0 radical (unpaired) electrons. The van der Waals surface area contributed by atoms with Crippen molar-refractivity contribution >= 4 is 16.0 Å². The molecule has 0 aliphatic carbocycles. The molecule has 0 unspecified atom stereocenters. The first-order valence-corrected chi connectivity index (χ1v) is 10.8. The van der Waals surface area contributed by atoms with E-state index in [0.29, 0.717) is 11.1 Å². The van der Waals surface area contributed by atoms with Crippen molar-refractivity contribution in [3.05, 3.63) is 70.8 Å². The molecule has 0 spiro atoms. The number of H-pyrrole nitrogens is 1. The number of hydrogen-bond donors (Lipinski definition) is 2. The number of aryl methyl sites for hydroxylation is 1. The van der Waals surface area contributed by atoms with Gasteiger partial charge in [0.15, 0.2) is 5.82 Å². The van der Waals surface area contributed by atoms with Crippen LogP contribution >= 0.6 is 0 Å². The van der Waals surface area contributed by atoms with Crippen LogP contribution in [0.5, 0.6) is 0 Å². The first kappa shape index (κ1) is 21.6. The van der Waals surface area contributed by atoms with Crippen LogP contribution < -0.4 is 4.72 Å². The maximum Gasteiger partial charge on any atom is 0.375 e. The average molecular weight is 432 g/mol. The SMILES string of the molecule is CCOC(=O)c1nc(-c2cccc(CNS(=O)(=O)Cc3ccc(C)cc3F)c2)n[nH]1. The lowest BCUT2D eigenvalue weighted by Gasteiger charge is -2.09. The lowest BCUT2D eigenvalue weighted by molar-refractivity contribution is 0.0512. The van der Waals surface area contributed by atoms with Gasteiger partial charge < -0.3 is 4.74 Å². The number of benzene rings is 2. The summed E-state index contributed by atoms with van der Waals surface area (Å²) in [6.45, 7) is 3.65. The summed E-state index contributed by atoms with van der Waals surface area (Å²) in [7, 11) is -3.75. The Hall–Kier alpha value is -3.11. The predicted octanol–water partition coefficient (Wildman–Crippen LogP) is 2.72. The molecule has 0 fully saturated rings. The molecule has 30 heavy (non-hydrogen) atoms. The molecule has 2 aromatic carbocycles. The van der Waals surface area contributed by atoms with E-state index in [1.54, 1.807) is 44.2 Å². The molecule has 3 aromatic rings. The second kappa shape index (κ2) is 9.14. The Kier molecular flexibility index (Phi) is 6.58. The molecule has 158 valence electrons. The van der Waals surface area contributed by atoms with Crippen molar-refractivity contribution in [3.63, 3.8) is 0 Å². The molecule has 3 rings (SSSR count). The van der Waals surface area contributed by atoms with Crippen LogP contribution in [0.15, 0.2) is 42.5 Å². The Morgan fingerprint density at radius 2 is 2.03 bits per heavy atom. The van der Waals surface area contributed by atoms with Crippen molar-refractivity contribution < 1.29 is 22.3 Å². The van der Waals surface area contributed by atoms with Crippen LogP contribution in [0.3, 0.4) is 0 Å². The normalized spacial score (nSPS) is 11.4. The van der Waals surface area contributed by atoms with Crippen LogP contribution in [-0.2, 0) is 27.1 Å². The summed E-state index contributed by atoms with van der Waals surface area (Å²) in [5.74, 6) is -1.35. The summed E-state index contributed by atoms with van der Waals surface area (Å²) in [6.07, 6.45) is 0. The first-order chi connectivity index (χ1) is 14.3. The van der Waals surface area contributed by atoms with E-state index in [1.807, 2.05) is 0 Å². The van der Waals surface area contributed by atoms with Gasteiger partial charge >= 0.3 is 5.97 Å². The lowest BCUT2D eigenvalue weighted by atomic mass is 10.1. The summed E-state index contributed by atoms with van der Waals surface area (Å²) in [5.41, 5.74) is 2.08. The van der Waals surface area contributed by atoms with Crippen LogP contribution in [0.25, 0.3) is 11.4 Å². The zero-order valence-electron chi connectivity index (χ0n) is 16.5. The summed E-state index contributed by atoms with van der Waals surface area (Å²) in [6, 6.07) is 11.3. The number of nitrogens with zero attached hydrogens (tertiary/aromatic N) is 2. The second-order valence-electron chi connectivity index (χ2n) is 6.60. The lowest BCUT2D eigenvalue weighted by Crippen LogP contribution is -2.25. The number of sulfonamides is 1. The van der Waals surface area contributed by atoms with Crippen molar-refractivity contribution in [3.8, 4) is 11.4 Å². The van der Waals surface area contributed by atoms with Crippen molar-refractivity contribution in [2.24, 2.45) is 0 Å². The monoisotopic (exact) mass is 432 g/mol. The summed E-state index contributed by atoms with van der Waals surface area (Å²) in [5, 5.41) is 6.51. The molecule has 0 saturated carbocycles. The number of halogens is 1. The van der Waals surface area contributed by atoms with Crippen molar-refractivity contribution in [1.29, 1.82) is 0 Å². The molecular formula is C20H21FN4O4S. The van der Waals surface area contributed by atoms with Gasteiger partial charge in [-0.3, -0.25) is 5.10 Å². The number of hydrogen-bond acceptors (Lipinski definition) is 6. The molecule has 0 amide bonds.